The number of aromatic nitrogens is 1. The minimum Gasteiger partial charge on any atom is -0.301 e. The molecule has 0 bridgehead atoms. The summed E-state index contributed by atoms with van der Waals surface area (Å²) < 4.78 is 0.977. The number of rotatable bonds is 2. The van der Waals surface area contributed by atoms with Gasteiger partial charge in [-0.15, -0.1) is 11.8 Å². The Morgan fingerprint density at radius 3 is 3.00 bits per heavy atom. The van der Waals surface area contributed by atoms with Crippen molar-refractivity contribution < 1.29 is 4.79 Å². The maximum atomic E-state index is 12.4. The van der Waals surface area contributed by atoms with Gasteiger partial charge in [-0.05, 0) is 36.2 Å². The molecule has 0 fully saturated rings. The van der Waals surface area contributed by atoms with Crippen LogP contribution in [0, 0.1) is 0 Å². The number of benzene rings is 2. The lowest BCUT2D eigenvalue weighted by Gasteiger charge is -2.07. The number of fused-ring (bicyclic) bond motifs is 2. The van der Waals surface area contributed by atoms with Gasteiger partial charge < -0.3 is 5.32 Å². The molecule has 3 aromatic rings. The lowest BCUT2D eigenvalue weighted by molar-refractivity contribution is -0.115. The normalized spacial score (nSPS) is 16.7. The maximum absolute atomic E-state index is 12.4. The number of carbonyl (C=O) groups excluding carboxylic acids is 1. The first kappa shape index (κ1) is 14.1. The molecule has 1 aromatic heterocycles. The first-order chi connectivity index (χ1) is 10.7. The highest BCUT2D eigenvalue weighted by Gasteiger charge is 2.28. The summed E-state index contributed by atoms with van der Waals surface area (Å²) in [7, 11) is 0. The van der Waals surface area contributed by atoms with Crippen LogP contribution in [0.25, 0.3) is 10.2 Å². The Kier molecular flexibility index (Phi) is 3.56. The molecule has 1 amide bonds. The number of amides is 1. The Hall–Kier alpha value is -1.56. The van der Waals surface area contributed by atoms with Crippen LogP contribution in [0.15, 0.2) is 47.4 Å². The van der Waals surface area contributed by atoms with Crippen LogP contribution >= 0.6 is 34.7 Å². The molecule has 0 spiro atoms. The maximum Gasteiger partial charge on any atom is 0.239 e. The predicted octanol–water partition coefficient (Wildman–Crippen LogP) is 4.61. The molecule has 2 heterocycles. The number of thioether (sulfide) groups is 1. The third-order valence-corrected chi connectivity index (χ3v) is 6.01. The Bertz CT molecular complexity index is 852. The van der Waals surface area contributed by atoms with Gasteiger partial charge in [0.25, 0.3) is 0 Å². The smallest absolute Gasteiger partial charge is 0.239 e. The SMILES string of the molecule is O=C(Nc1nc2ccc(Cl)cc2s1)[C@H]1Cc2ccccc2S1. The van der Waals surface area contributed by atoms with Gasteiger partial charge in [0.1, 0.15) is 0 Å². The fraction of sp³-hybridized carbons (Fsp3) is 0.125. The van der Waals surface area contributed by atoms with Crippen molar-refractivity contribution in [3.8, 4) is 0 Å². The Morgan fingerprint density at radius 2 is 2.14 bits per heavy atom. The molecule has 110 valence electrons. The van der Waals surface area contributed by atoms with E-state index in [-0.39, 0.29) is 11.2 Å². The minimum atomic E-state index is -0.0898. The van der Waals surface area contributed by atoms with Crippen LogP contribution in [-0.2, 0) is 11.2 Å². The fourth-order valence-corrected chi connectivity index (χ4v) is 4.81. The number of carbonyl (C=O) groups is 1. The lowest BCUT2D eigenvalue weighted by atomic mass is 10.1. The van der Waals surface area contributed by atoms with Gasteiger partial charge in [-0.1, -0.05) is 41.1 Å². The van der Waals surface area contributed by atoms with E-state index in [4.69, 9.17) is 11.6 Å². The largest absolute Gasteiger partial charge is 0.301 e. The summed E-state index contributed by atoms with van der Waals surface area (Å²) in [6.45, 7) is 0. The number of halogens is 1. The summed E-state index contributed by atoms with van der Waals surface area (Å²) in [6.07, 6.45) is 0.767. The van der Waals surface area contributed by atoms with Crippen LogP contribution in [0.1, 0.15) is 5.56 Å². The molecule has 1 N–H and O–H groups in total. The number of hydrogen-bond donors (Lipinski definition) is 1. The summed E-state index contributed by atoms with van der Waals surface area (Å²) in [6, 6.07) is 13.7. The van der Waals surface area contributed by atoms with E-state index in [9.17, 15) is 4.79 Å². The van der Waals surface area contributed by atoms with Gasteiger partial charge in [0.15, 0.2) is 5.13 Å². The van der Waals surface area contributed by atoms with Gasteiger partial charge >= 0.3 is 0 Å². The molecule has 1 aliphatic rings. The van der Waals surface area contributed by atoms with Crippen LogP contribution in [0.5, 0.6) is 0 Å². The topological polar surface area (TPSA) is 42.0 Å². The monoisotopic (exact) mass is 346 g/mol. The summed E-state index contributed by atoms with van der Waals surface area (Å²) in [5.74, 6) is 0.00588. The number of nitrogens with zero attached hydrogens (tertiary/aromatic N) is 1. The first-order valence-electron chi connectivity index (χ1n) is 6.80. The van der Waals surface area contributed by atoms with Crippen molar-refractivity contribution in [2.45, 2.75) is 16.6 Å². The average molecular weight is 347 g/mol. The van der Waals surface area contributed by atoms with Crippen molar-refractivity contribution in [2.24, 2.45) is 0 Å². The van der Waals surface area contributed by atoms with Gasteiger partial charge in [-0.3, -0.25) is 4.79 Å². The zero-order valence-corrected chi connectivity index (χ0v) is 13.8. The highest BCUT2D eigenvalue weighted by atomic mass is 35.5. The summed E-state index contributed by atoms with van der Waals surface area (Å²) in [5, 5.41) is 4.14. The molecular weight excluding hydrogens is 336 g/mol. The number of anilines is 1. The molecular formula is C16H11ClN2OS2. The van der Waals surface area contributed by atoms with E-state index in [0.717, 1.165) is 16.6 Å². The molecule has 4 rings (SSSR count). The first-order valence-corrected chi connectivity index (χ1v) is 8.88. The predicted molar refractivity (Wildman–Crippen MR) is 93.1 cm³/mol. The molecule has 2 aromatic carbocycles. The van der Waals surface area contributed by atoms with E-state index in [2.05, 4.69) is 22.4 Å². The third-order valence-electron chi connectivity index (χ3n) is 3.52. The van der Waals surface area contributed by atoms with E-state index in [0.29, 0.717) is 10.2 Å². The van der Waals surface area contributed by atoms with E-state index in [1.807, 2.05) is 24.3 Å². The van der Waals surface area contributed by atoms with Gasteiger partial charge in [0.2, 0.25) is 5.91 Å². The molecule has 0 saturated heterocycles. The van der Waals surface area contributed by atoms with Crippen LogP contribution < -0.4 is 5.32 Å². The molecule has 0 aliphatic carbocycles. The molecule has 1 aliphatic heterocycles. The highest BCUT2D eigenvalue weighted by Crippen LogP contribution is 2.37. The highest BCUT2D eigenvalue weighted by molar-refractivity contribution is 8.01. The second-order valence-corrected chi connectivity index (χ2v) is 7.75. The van der Waals surface area contributed by atoms with Crippen LogP contribution in [0.4, 0.5) is 5.13 Å². The Morgan fingerprint density at radius 1 is 1.27 bits per heavy atom. The summed E-state index contributed by atoms with van der Waals surface area (Å²) >= 11 is 9.04. The fourth-order valence-electron chi connectivity index (χ4n) is 2.47. The molecule has 22 heavy (non-hydrogen) atoms. The van der Waals surface area contributed by atoms with Gasteiger partial charge in [-0.25, -0.2) is 4.98 Å². The Balaban J connectivity index is 1.52. The molecule has 3 nitrogen and oxygen atoms in total. The zero-order valence-electron chi connectivity index (χ0n) is 11.4. The molecule has 6 heteroatoms. The van der Waals surface area contributed by atoms with Gasteiger partial charge in [-0.2, -0.15) is 0 Å². The quantitative estimate of drug-likeness (QED) is 0.737. The van der Waals surface area contributed by atoms with E-state index in [1.54, 1.807) is 17.8 Å². The minimum absolute atomic E-state index is 0.00588. The van der Waals surface area contributed by atoms with Crippen LogP contribution in [-0.4, -0.2) is 16.1 Å². The number of nitrogens with one attached hydrogen (secondary N) is 1. The van der Waals surface area contributed by atoms with Crippen molar-refractivity contribution >= 4 is 56.0 Å². The van der Waals surface area contributed by atoms with E-state index < -0.39 is 0 Å². The summed E-state index contributed by atoms with van der Waals surface area (Å²) in [5.41, 5.74) is 2.09. The second kappa shape index (κ2) is 5.57. The molecule has 0 unspecified atom stereocenters. The van der Waals surface area contributed by atoms with E-state index in [1.165, 1.54) is 21.8 Å². The standard InChI is InChI=1S/C16H11ClN2OS2/c17-10-5-6-11-13(8-10)22-16(18-11)19-15(20)14-7-9-3-1-2-4-12(9)21-14/h1-6,8,14H,7H2,(H,18,19,20)/t14-/m1/s1. The average Bonchev–Trinajstić information content (AvgIpc) is 3.09. The molecule has 0 radical (unpaired) electrons. The van der Waals surface area contributed by atoms with Gasteiger partial charge in [0, 0.05) is 9.92 Å². The van der Waals surface area contributed by atoms with Crippen molar-refractivity contribution in [3.05, 3.63) is 53.1 Å². The van der Waals surface area contributed by atoms with Crippen molar-refractivity contribution in [1.29, 1.82) is 0 Å². The van der Waals surface area contributed by atoms with Crippen LogP contribution in [0.2, 0.25) is 5.02 Å². The Labute approximate surface area is 140 Å². The van der Waals surface area contributed by atoms with Crippen molar-refractivity contribution in [2.75, 3.05) is 5.32 Å². The van der Waals surface area contributed by atoms with Crippen molar-refractivity contribution in [3.63, 3.8) is 0 Å². The van der Waals surface area contributed by atoms with Crippen LogP contribution in [0.3, 0.4) is 0 Å². The number of hydrogen-bond acceptors (Lipinski definition) is 4. The lowest BCUT2D eigenvalue weighted by Crippen LogP contribution is -2.24. The summed E-state index contributed by atoms with van der Waals surface area (Å²) in [4.78, 5) is 18.1. The second-order valence-electron chi connectivity index (χ2n) is 5.04. The molecule has 0 saturated carbocycles. The number of thiazole rings is 1. The third kappa shape index (κ3) is 2.60. The zero-order chi connectivity index (χ0) is 15.1. The molecule has 1 atom stereocenters. The van der Waals surface area contributed by atoms with E-state index >= 15 is 0 Å². The van der Waals surface area contributed by atoms with Crippen molar-refractivity contribution in [1.82, 2.24) is 4.98 Å². The van der Waals surface area contributed by atoms with Gasteiger partial charge in [0.05, 0.1) is 15.5 Å².